The second-order valence-electron chi connectivity index (χ2n) is 4.04. The minimum Gasteiger partial charge on any atom is -0.497 e. The van der Waals surface area contributed by atoms with Crippen molar-refractivity contribution in [2.24, 2.45) is 5.73 Å². The van der Waals surface area contributed by atoms with Gasteiger partial charge >= 0.3 is 0 Å². The summed E-state index contributed by atoms with van der Waals surface area (Å²) in [5.74, 6) is 0.306. The van der Waals surface area contributed by atoms with Gasteiger partial charge in [0.25, 0.3) is 0 Å². The van der Waals surface area contributed by atoms with Gasteiger partial charge in [-0.15, -0.1) is 0 Å². The minimum atomic E-state index is -0.485. The molecule has 0 aliphatic rings. The normalized spacial score (nSPS) is 12.3. The molecule has 2 N–H and O–H groups in total. The number of nitrogens with two attached hydrogens (primary N) is 1. The average molecular weight is 345 g/mol. The van der Waals surface area contributed by atoms with Crippen LogP contribution in [0.15, 0.2) is 40.9 Å². The maximum Gasteiger partial charge on any atom is 0.137 e. The minimum absolute atomic E-state index is 0.349. The Morgan fingerprint density at radius 2 is 2.00 bits per heavy atom. The van der Waals surface area contributed by atoms with Crippen LogP contribution in [-0.2, 0) is 0 Å². The molecule has 1 unspecified atom stereocenters. The molecule has 0 saturated carbocycles. The van der Waals surface area contributed by atoms with E-state index in [4.69, 9.17) is 22.1 Å². The summed E-state index contributed by atoms with van der Waals surface area (Å²) in [6.07, 6.45) is 0. The second kappa shape index (κ2) is 5.90. The Kier molecular flexibility index (Phi) is 4.45. The van der Waals surface area contributed by atoms with Crippen LogP contribution in [0.1, 0.15) is 17.2 Å². The Labute approximate surface area is 124 Å². The van der Waals surface area contributed by atoms with E-state index in [1.807, 2.05) is 0 Å². The van der Waals surface area contributed by atoms with E-state index >= 15 is 0 Å². The fourth-order valence-corrected chi connectivity index (χ4v) is 2.31. The Balaban J connectivity index is 2.38. The lowest BCUT2D eigenvalue weighted by molar-refractivity contribution is 0.414. The summed E-state index contributed by atoms with van der Waals surface area (Å²) in [5, 5.41) is 0.496. The summed E-state index contributed by atoms with van der Waals surface area (Å²) >= 11 is 9.27. The van der Waals surface area contributed by atoms with Crippen molar-refractivity contribution < 1.29 is 9.13 Å². The molecule has 5 heteroatoms. The highest BCUT2D eigenvalue weighted by atomic mass is 79.9. The third kappa shape index (κ3) is 3.08. The van der Waals surface area contributed by atoms with E-state index in [9.17, 15) is 4.39 Å². The lowest BCUT2D eigenvalue weighted by atomic mass is 9.99. The van der Waals surface area contributed by atoms with E-state index in [-0.39, 0.29) is 5.82 Å². The Bertz CT molecular complexity index is 606. The predicted octanol–water partition coefficient (Wildman–Crippen LogP) is 4.30. The molecule has 2 rings (SSSR count). The predicted molar refractivity (Wildman–Crippen MR) is 78.1 cm³/mol. The van der Waals surface area contributed by atoms with Crippen LogP contribution in [0.4, 0.5) is 4.39 Å². The van der Waals surface area contributed by atoms with Gasteiger partial charge in [-0.3, -0.25) is 0 Å². The smallest absolute Gasteiger partial charge is 0.137 e. The molecule has 0 aromatic heterocycles. The van der Waals surface area contributed by atoms with Gasteiger partial charge < -0.3 is 10.5 Å². The van der Waals surface area contributed by atoms with Crippen molar-refractivity contribution in [2.45, 2.75) is 6.04 Å². The van der Waals surface area contributed by atoms with Crippen molar-refractivity contribution in [1.82, 2.24) is 0 Å². The van der Waals surface area contributed by atoms with Crippen molar-refractivity contribution in [3.63, 3.8) is 0 Å². The first kappa shape index (κ1) is 14.3. The third-order valence-corrected chi connectivity index (χ3v) is 3.82. The lowest BCUT2D eigenvalue weighted by Crippen LogP contribution is -2.12. The van der Waals surface area contributed by atoms with Gasteiger partial charge in [-0.1, -0.05) is 23.7 Å². The maximum atomic E-state index is 13.5. The monoisotopic (exact) mass is 343 g/mol. The zero-order valence-corrected chi connectivity index (χ0v) is 12.5. The topological polar surface area (TPSA) is 35.2 Å². The summed E-state index contributed by atoms with van der Waals surface area (Å²) in [6, 6.07) is 9.55. The van der Waals surface area contributed by atoms with Crippen LogP contribution in [0.3, 0.4) is 0 Å². The molecule has 1 atom stereocenters. The molecular weight excluding hydrogens is 333 g/mol. The number of benzene rings is 2. The molecule has 0 fully saturated rings. The van der Waals surface area contributed by atoms with Gasteiger partial charge in [-0.2, -0.15) is 0 Å². The van der Waals surface area contributed by atoms with Crippen molar-refractivity contribution in [3.8, 4) is 5.75 Å². The van der Waals surface area contributed by atoms with E-state index in [1.54, 1.807) is 37.4 Å². The number of hydrogen-bond donors (Lipinski definition) is 1. The van der Waals surface area contributed by atoms with Gasteiger partial charge in [0.2, 0.25) is 0 Å². The van der Waals surface area contributed by atoms with E-state index in [1.165, 1.54) is 6.07 Å². The Morgan fingerprint density at radius 3 is 2.58 bits per heavy atom. The molecule has 2 aromatic carbocycles. The molecule has 0 spiro atoms. The van der Waals surface area contributed by atoms with Crippen molar-refractivity contribution in [3.05, 3.63) is 62.8 Å². The van der Waals surface area contributed by atoms with E-state index < -0.39 is 6.04 Å². The highest BCUT2D eigenvalue weighted by Gasteiger charge is 2.14. The molecule has 0 aliphatic carbocycles. The molecule has 0 amide bonds. The molecule has 2 aromatic rings. The first-order chi connectivity index (χ1) is 9.02. The van der Waals surface area contributed by atoms with Crippen LogP contribution < -0.4 is 10.5 Å². The summed E-state index contributed by atoms with van der Waals surface area (Å²) < 4.78 is 19.0. The first-order valence-electron chi connectivity index (χ1n) is 5.57. The maximum absolute atomic E-state index is 13.5. The zero-order valence-electron chi connectivity index (χ0n) is 10.2. The van der Waals surface area contributed by atoms with E-state index in [0.29, 0.717) is 20.8 Å². The Morgan fingerprint density at radius 1 is 1.26 bits per heavy atom. The van der Waals surface area contributed by atoms with Gasteiger partial charge in [0.1, 0.15) is 11.6 Å². The highest BCUT2D eigenvalue weighted by Crippen LogP contribution is 2.30. The molecule has 0 bridgehead atoms. The Hall–Kier alpha value is -1.10. The van der Waals surface area contributed by atoms with E-state index in [2.05, 4.69) is 15.9 Å². The van der Waals surface area contributed by atoms with Crippen LogP contribution >= 0.6 is 27.5 Å². The molecule has 0 radical (unpaired) electrons. The van der Waals surface area contributed by atoms with Gasteiger partial charge in [0.05, 0.1) is 17.6 Å². The molecule has 19 heavy (non-hydrogen) atoms. The molecule has 100 valence electrons. The van der Waals surface area contributed by atoms with Crippen LogP contribution in [-0.4, -0.2) is 7.11 Å². The van der Waals surface area contributed by atoms with Crippen LogP contribution in [0, 0.1) is 5.82 Å². The summed E-state index contributed by atoms with van der Waals surface area (Å²) in [5.41, 5.74) is 7.51. The molecule has 2 nitrogen and oxygen atoms in total. The summed E-state index contributed by atoms with van der Waals surface area (Å²) in [4.78, 5) is 0. The SMILES string of the molecule is COc1ccc(C(N)c2ccc(Br)c(F)c2)c(Cl)c1. The van der Waals surface area contributed by atoms with Gasteiger partial charge in [0.15, 0.2) is 0 Å². The first-order valence-corrected chi connectivity index (χ1v) is 6.74. The van der Waals surface area contributed by atoms with Crippen molar-refractivity contribution in [2.75, 3.05) is 7.11 Å². The van der Waals surface area contributed by atoms with Gasteiger partial charge in [-0.25, -0.2) is 4.39 Å². The fraction of sp³-hybridized carbons (Fsp3) is 0.143. The van der Waals surface area contributed by atoms with Crippen molar-refractivity contribution >= 4 is 27.5 Å². The molecule has 0 heterocycles. The second-order valence-corrected chi connectivity index (χ2v) is 5.30. The van der Waals surface area contributed by atoms with E-state index in [0.717, 1.165) is 5.56 Å². The summed E-state index contributed by atoms with van der Waals surface area (Å²) in [7, 11) is 1.56. The zero-order chi connectivity index (χ0) is 14.0. The number of hydrogen-bond acceptors (Lipinski definition) is 2. The average Bonchev–Trinajstić information content (AvgIpc) is 2.41. The quantitative estimate of drug-likeness (QED) is 0.901. The lowest BCUT2D eigenvalue weighted by Gasteiger charge is -2.15. The summed E-state index contributed by atoms with van der Waals surface area (Å²) in [6.45, 7) is 0. The number of halogens is 3. The number of rotatable bonds is 3. The third-order valence-electron chi connectivity index (χ3n) is 2.85. The highest BCUT2D eigenvalue weighted by molar-refractivity contribution is 9.10. The van der Waals surface area contributed by atoms with Crippen LogP contribution in [0.2, 0.25) is 5.02 Å². The number of methoxy groups -OCH3 is 1. The molecule has 0 aliphatic heterocycles. The standard InChI is InChI=1S/C14H12BrClFNO/c1-19-9-3-4-10(12(16)7-9)14(18)8-2-5-11(15)13(17)6-8/h2-7,14H,18H2,1H3. The fourth-order valence-electron chi connectivity index (χ4n) is 1.77. The largest absolute Gasteiger partial charge is 0.497 e. The van der Waals surface area contributed by atoms with Crippen LogP contribution in [0.5, 0.6) is 5.75 Å². The van der Waals surface area contributed by atoms with Gasteiger partial charge in [0, 0.05) is 5.02 Å². The molecule has 0 saturated heterocycles. The molecular formula is C14H12BrClFNO. The number of ether oxygens (including phenoxy) is 1. The van der Waals surface area contributed by atoms with Gasteiger partial charge in [-0.05, 0) is 51.3 Å². The van der Waals surface area contributed by atoms with Crippen molar-refractivity contribution in [1.29, 1.82) is 0 Å². The van der Waals surface area contributed by atoms with Crippen LogP contribution in [0.25, 0.3) is 0 Å².